The molecule has 2 rings (SSSR count). The Morgan fingerprint density at radius 1 is 1.04 bits per heavy atom. The van der Waals surface area contributed by atoms with Crippen LogP contribution in [0, 0.1) is 0 Å². The van der Waals surface area contributed by atoms with Crippen LogP contribution in [0.5, 0.6) is 0 Å². The zero-order valence-electron chi connectivity index (χ0n) is 14.3. The van der Waals surface area contributed by atoms with Crippen molar-refractivity contribution in [3.05, 3.63) is 35.9 Å². The molecule has 1 saturated heterocycles. The van der Waals surface area contributed by atoms with E-state index in [1.165, 1.54) is 37.0 Å². The number of likely N-dealkylation sites (tertiary alicyclic amines) is 1. The highest BCUT2D eigenvalue weighted by atomic mass is 16.2. The molecular formula is C20H29NO2. The van der Waals surface area contributed by atoms with Crippen molar-refractivity contribution in [3.63, 3.8) is 0 Å². The molecule has 126 valence electrons. The Hall–Kier alpha value is -1.64. The highest BCUT2D eigenvalue weighted by molar-refractivity contribution is 5.97. The third-order valence-electron chi connectivity index (χ3n) is 4.69. The first-order valence-electron chi connectivity index (χ1n) is 9.10. The van der Waals surface area contributed by atoms with Crippen molar-refractivity contribution in [2.24, 2.45) is 0 Å². The van der Waals surface area contributed by atoms with Crippen molar-refractivity contribution in [1.82, 2.24) is 4.90 Å². The van der Waals surface area contributed by atoms with Gasteiger partial charge in [-0.1, -0.05) is 75.8 Å². The SMILES string of the molecule is CCCCCCCCCC(=O)N1C[C@H](c2ccccc2)CC1=O. The molecule has 3 nitrogen and oxygen atoms in total. The van der Waals surface area contributed by atoms with E-state index in [-0.39, 0.29) is 17.7 Å². The smallest absolute Gasteiger partial charge is 0.229 e. The number of hydrogen-bond donors (Lipinski definition) is 0. The molecule has 0 aromatic heterocycles. The van der Waals surface area contributed by atoms with E-state index in [4.69, 9.17) is 0 Å². The number of carbonyl (C=O) groups is 2. The highest BCUT2D eigenvalue weighted by Crippen LogP contribution is 2.28. The second kappa shape index (κ2) is 9.49. The van der Waals surface area contributed by atoms with Gasteiger partial charge < -0.3 is 0 Å². The van der Waals surface area contributed by atoms with E-state index in [0.717, 1.165) is 18.4 Å². The quantitative estimate of drug-likeness (QED) is 0.621. The normalized spacial score (nSPS) is 17.7. The first kappa shape index (κ1) is 17.7. The largest absolute Gasteiger partial charge is 0.282 e. The minimum Gasteiger partial charge on any atom is -0.282 e. The molecular weight excluding hydrogens is 286 g/mol. The molecule has 0 aliphatic carbocycles. The van der Waals surface area contributed by atoms with Crippen LogP contribution in [0.15, 0.2) is 30.3 Å². The Kier molecular flexibility index (Phi) is 7.31. The van der Waals surface area contributed by atoms with Crippen LogP contribution in [0.1, 0.15) is 76.2 Å². The molecule has 0 bridgehead atoms. The monoisotopic (exact) mass is 315 g/mol. The average molecular weight is 315 g/mol. The minimum atomic E-state index is -0.00759. The summed E-state index contributed by atoms with van der Waals surface area (Å²) in [5.74, 6) is 0.176. The maximum atomic E-state index is 12.3. The van der Waals surface area contributed by atoms with Crippen molar-refractivity contribution in [3.8, 4) is 0 Å². The van der Waals surface area contributed by atoms with Gasteiger partial charge in [-0.2, -0.15) is 0 Å². The van der Waals surface area contributed by atoms with Crippen LogP contribution in [0.4, 0.5) is 0 Å². The molecule has 1 aromatic rings. The molecule has 0 N–H and O–H groups in total. The minimum absolute atomic E-state index is 0.00759. The van der Waals surface area contributed by atoms with E-state index < -0.39 is 0 Å². The number of benzene rings is 1. The van der Waals surface area contributed by atoms with E-state index in [1.54, 1.807) is 0 Å². The van der Waals surface area contributed by atoms with E-state index in [2.05, 4.69) is 6.92 Å². The van der Waals surface area contributed by atoms with Crippen LogP contribution in [0.2, 0.25) is 0 Å². The van der Waals surface area contributed by atoms with Gasteiger partial charge >= 0.3 is 0 Å². The summed E-state index contributed by atoms with van der Waals surface area (Å²) in [6.07, 6.45) is 9.32. The number of amides is 2. The maximum absolute atomic E-state index is 12.3. The summed E-state index contributed by atoms with van der Waals surface area (Å²) >= 11 is 0. The Balaban J connectivity index is 1.70. The molecule has 0 spiro atoms. The summed E-state index contributed by atoms with van der Waals surface area (Å²) in [7, 11) is 0. The topological polar surface area (TPSA) is 37.4 Å². The van der Waals surface area contributed by atoms with E-state index in [0.29, 0.717) is 19.4 Å². The maximum Gasteiger partial charge on any atom is 0.229 e. The lowest BCUT2D eigenvalue weighted by molar-refractivity contribution is -0.141. The van der Waals surface area contributed by atoms with Crippen LogP contribution in [-0.4, -0.2) is 23.3 Å². The number of rotatable bonds is 9. The second-order valence-corrected chi connectivity index (χ2v) is 6.58. The van der Waals surface area contributed by atoms with Crippen molar-refractivity contribution < 1.29 is 9.59 Å². The van der Waals surface area contributed by atoms with Gasteiger partial charge in [-0.05, 0) is 12.0 Å². The van der Waals surface area contributed by atoms with Crippen molar-refractivity contribution >= 4 is 11.8 Å². The zero-order chi connectivity index (χ0) is 16.5. The van der Waals surface area contributed by atoms with Gasteiger partial charge in [0.25, 0.3) is 0 Å². The fraction of sp³-hybridized carbons (Fsp3) is 0.600. The molecule has 3 heteroatoms. The first-order chi connectivity index (χ1) is 11.2. The Bertz CT molecular complexity index is 498. The molecule has 2 amide bonds. The van der Waals surface area contributed by atoms with Gasteiger partial charge in [0.15, 0.2) is 0 Å². The number of imide groups is 1. The van der Waals surface area contributed by atoms with Crippen molar-refractivity contribution in [2.45, 2.75) is 70.6 Å². The van der Waals surface area contributed by atoms with Gasteiger partial charge in [0.2, 0.25) is 11.8 Å². The molecule has 1 heterocycles. The van der Waals surface area contributed by atoms with Crippen molar-refractivity contribution in [2.75, 3.05) is 6.54 Å². The predicted molar refractivity (Wildman–Crippen MR) is 93.1 cm³/mol. The lowest BCUT2D eigenvalue weighted by atomic mass is 9.98. The predicted octanol–water partition coefficient (Wildman–Crippen LogP) is 4.67. The molecule has 1 aromatic carbocycles. The van der Waals surface area contributed by atoms with Gasteiger partial charge in [-0.15, -0.1) is 0 Å². The molecule has 0 radical (unpaired) electrons. The lowest BCUT2D eigenvalue weighted by Crippen LogP contribution is -2.32. The fourth-order valence-electron chi connectivity index (χ4n) is 3.27. The summed E-state index contributed by atoms with van der Waals surface area (Å²) in [5, 5.41) is 0. The lowest BCUT2D eigenvalue weighted by Gasteiger charge is -2.15. The van der Waals surface area contributed by atoms with Gasteiger partial charge in [0.1, 0.15) is 0 Å². The van der Waals surface area contributed by atoms with E-state index in [9.17, 15) is 9.59 Å². The van der Waals surface area contributed by atoms with E-state index >= 15 is 0 Å². The summed E-state index contributed by atoms with van der Waals surface area (Å²) in [4.78, 5) is 25.9. The molecule has 1 atom stereocenters. The van der Waals surface area contributed by atoms with Crippen LogP contribution in [0.25, 0.3) is 0 Å². The third-order valence-corrected chi connectivity index (χ3v) is 4.69. The summed E-state index contributed by atoms with van der Waals surface area (Å²) in [5.41, 5.74) is 1.16. The number of unbranched alkanes of at least 4 members (excludes halogenated alkanes) is 6. The van der Waals surface area contributed by atoms with Crippen LogP contribution in [-0.2, 0) is 9.59 Å². The highest BCUT2D eigenvalue weighted by Gasteiger charge is 2.33. The van der Waals surface area contributed by atoms with Gasteiger partial charge in [0.05, 0.1) is 0 Å². The zero-order valence-corrected chi connectivity index (χ0v) is 14.3. The summed E-state index contributed by atoms with van der Waals surface area (Å²) in [6.45, 7) is 2.77. The first-order valence-corrected chi connectivity index (χ1v) is 9.10. The Morgan fingerprint density at radius 3 is 2.39 bits per heavy atom. The number of carbonyl (C=O) groups excluding carboxylic acids is 2. The van der Waals surface area contributed by atoms with Crippen LogP contribution in [0.3, 0.4) is 0 Å². The molecule has 1 aliphatic rings. The van der Waals surface area contributed by atoms with Gasteiger partial charge in [0, 0.05) is 25.3 Å². The van der Waals surface area contributed by atoms with E-state index in [1.807, 2.05) is 30.3 Å². The molecule has 1 fully saturated rings. The standard InChI is InChI=1S/C20H29NO2/c1-2-3-4-5-6-7-11-14-19(22)21-16-18(15-20(21)23)17-12-9-8-10-13-17/h8-10,12-13,18H,2-7,11,14-16H2,1H3/t18-/m1/s1. The number of nitrogens with zero attached hydrogens (tertiary/aromatic N) is 1. The Labute approximate surface area is 140 Å². The summed E-state index contributed by atoms with van der Waals surface area (Å²) < 4.78 is 0. The second-order valence-electron chi connectivity index (χ2n) is 6.58. The molecule has 23 heavy (non-hydrogen) atoms. The third kappa shape index (κ3) is 5.49. The molecule has 0 saturated carbocycles. The van der Waals surface area contributed by atoms with Gasteiger partial charge in [-0.25, -0.2) is 0 Å². The Morgan fingerprint density at radius 2 is 1.70 bits per heavy atom. The molecule has 1 aliphatic heterocycles. The van der Waals surface area contributed by atoms with Crippen LogP contribution >= 0.6 is 0 Å². The van der Waals surface area contributed by atoms with Crippen LogP contribution < -0.4 is 0 Å². The number of hydrogen-bond acceptors (Lipinski definition) is 2. The fourth-order valence-corrected chi connectivity index (χ4v) is 3.27. The van der Waals surface area contributed by atoms with Crippen molar-refractivity contribution in [1.29, 1.82) is 0 Å². The average Bonchev–Trinajstić information content (AvgIpc) is 2.96. The molecule has 0 unspecified atom stereocenters. The van der Waals surface area contributed by atoms with Gasteiger partial charge in [-0.3, -0.25) is 14.5 Å². The summed E-state index contributed by atoms with van der Waals surface area (Å²) in [6, 6.07) is 10.0.